The lowest BCUT2D eigenvalue weighted by Crippen LogP contribution is -2.60. The Morgan fingerprint density at radius 1 is 1.15 bits per heavy atom. The van der Waals surface area contributed by atoms with Crippen LogP contribution in [0.1, 0.15) is 53.0 Å². The van der Waals surface area contributed by atoms with Crippen LogP contribution in [0.3, 0.4) is 0 Å². The van der Waals surface area contributed by atoms with E-state index in [9.17, 15) is 19.2 Å². The predicted octanol–water partition coefficient (Wildman–Crippen LogP) is 3.41. The molecule has 2 heterocycles. The third-order valence-corrected chi connectivity index (χ3v) is 7.52. The molecule has 2 N–H and O–H groups in total. The number of Topliss-reactive ketones (excluding diaryl/α,β-unsaturated/α-hetero) is 1. The molecule has 2 unspecified atom stereocenters. The van der Waals surface area contributed by atoms with Crippen LogP contribution in [0.4, 0.5) is 9.59 Å². The van der Waals surface area contributed by atoms with Gasteiger partial charge >= 0.3 is 12.2 Å². The molecule has 0 aromatic heterocycles. The van der Waals surface area contributed by atoms with E-state index >= 15 is 0 Å². The van der Waals surface area contributed by atoms with Gasteiger partial charge in [0.1, 0.15) is 12.6 Å². The molecule has 2 saturated heterocycles. The van der Waals surface area contributed by atoms with Crippen LogP contribution >= 0.6 is 11.6 Å². The fourth-order valence-corrected chi connectivity index (χ4v) is 5.44. The summed E-state index contributed by atoms with van der Waals surface area (Å²) in [5, 5.41) is 5.87. The number of morpholine rings is 1. The van der Waals surface area contributed by atoms with Gasteiger partial charge in [-0.1, -0.05) is 51.4 Å². The first kappa shape index (κ1) is 32.6. The largest absolute Gasteiger partial charge is 0.510 e. The van der Waals surface area contributed by atoms with Crippen LogP contribution < -0.4 is 10.6 Å². The zero-order valence-corrected chi connectivity index (χ0v) is 25.6. The Bertz CT molecular complexity index is 1090. The highest BCUT2D eigenvalue weighted by molar-refractivity contribution is 6.30. The summed E-state index contributed by atoms with van der Waals surface area (Å²) < 4.78 is 15.8. The summed E-state index contributed by atoms with van der Waals surface area (Å²) in [7, 11) is 0. The van der Waals surface area contributed by atoms with Gasteiger partial charge in [0, 0.05) is 31.2 Å². The fourth-order valence-electron chi connectivity index (χ4n) is 5.31. The van der Waals surface area contributed by atoms with Gasteiger partial charge in [-0.3, -0.25) is 14.5 Å². The molecule has 41 heavy (non-hydrogen) atoms. The minimum atomic E-state index is -1.40. The molecule has 2 atom stereocenters. The first-order valence-electron chi connectivity index (χ1n) is 14.0. The van der Waals surface area contributed by atoms with Gasteiger partial charge in [0.25, 0.3) is 0 Å². The third kappa shape index (κ3) is 9.31. The van der Waals surface area contributed by atoms with E-state index in [1.807, 2.05) is 39.8 Å². The summed E-state index contributed by atoms with van der Waals surface area (Å²) in [6, 6.07) is 5.61. The first-order valence-corrected chi connectivity index (χ1v) is 14.4. The monoisotopic (exact) mass is 594 g/mol. The minimum Gasteiger partial charge on any atom is -0.433 e. The van der Waals surface area contributed by atoms with Gasteiger partial charge in [-0.05, 0) is 42.9 Å². The number of halogens is 1. The van der Waals surface area contributed by atoms with Crippen LogP contribution in [0, 0.1) is 11.3 Å². The number of likely N-dealkylation sites (tertiary alicyclic amines) is 1. The summed E-state index contributed by atoms with van der Waals surface area (Å²) in [6.45, 7) is 14.3. The molecule has 0 spiro atoms. The molecule has 0 radical (unpaired) electrons. The highest BCUT2D eigenvalue weighted by Gasteiger charge is 2.45. The molecular weight excluding hydrogens is 552 g/mol. The summed E-state index contributed by atoms with van der Waals surface area (Å²) >= 11 is 6.03. The number of carbonyl (C=O) groups excluding carboxylic acids is 4. The van der Waals surface area contributed by atoms with E-state index in [0.717, 1.165) is 18.7 Å². The van der Waals surface area contributed by atoms with Gasteiger partial charge in [0.15, 0.2) is 11.5 Å². The molecule has 3 rings (SSSR count). The fraction of sp³-hybridized carbons (Fsp3) is 0.655. The number of carbonyl (C=O) groups is 4. The smallest absolute Gasteiger partial charge is 0.433 e. The number of rotatable bonds is 9. The Kier molecular flexibility index (Phi) is 11.0. The molecule has 0 bridgehead atoms. The third-order valence-electron chi connectivity index (χ3n) is 7.27. The highest BCUT2D eigenvalue weighted by atomic mass is 35.5. The topological polar surface area (TPSA) is 127 Å². The van der Waals surface area contributed by atoms with Crippen molar-refractivity contribution in [2.75, 3.05) is 52.5 Å². The van der Waals surface area contributed by atoms with E-state index in [1.54, 1.807) is 12.1 Å². The van der Waals surface area contributed by atoms with Gasteiger partial charge in [-0.25, -0.2) is 9.59 Å². The van der Waals surface area contributed by atoms with Gasteiger partial charge in [-0.15, -0.1) is 0 Å². The van der Waals surface area contributed by atoms with Crippen LogP contribution in [0.15, 0.2) is 24.3 Å². The average Bonchev–Trinajstić information content (AvgIpc) is 2.87. The number of hydrogen-bond donors (Lipinski definition) is 2. The number of piperidine rings is 1. The number of benzene rings is 1. The second kappa shape index (κ2) is 13.8. The Hall–Kier alpha value is -2.89. The van der Waals surface area contributed by atoms with Crippen molar-refractivity contribution in [2.24, 2.45) is 11.3 Å². The first-order chi connectivity index (χ1) is 19.2. The van der Waals surface area contributed by atoms with Crippen LogP contribution in [-0.2, 0) is 23.8 Å². The second-order valence-corrected chi connectivity index (χ2v) is 12.6. The quantitative estimate of drug-likeness (QED) is 0.329. The van der Waals surface area contributed by atoms with Crippen molar-refractivity contribution in [3.63, 3.8) is 0 Å². The Balaban J connectivity index is 1.55. The van der Waals surface area contributed by atoms with E-state index in [2.05, 4.69) is 15.5 Å². The van der Waals surface area contributed by atoms with E-state index in [0.29, 0.717) is 31.3 Å². The van der Waals surface area contributed by atoms with Crippen LogP contribution in [0.25, 0.3) is 0 Å². The Morgan fingerprint density at radius 2 is 1.78 bits per heavy atom. The highest BCUT2D eigenvalue weighted by Crippen LogP contribution is 2.40. The lowest BCUT2D eigenvalue weighted by atomic mass is 9.69. The molecule has 2 aliphatic heterocycles. The number of hydrogen-bond acceptors (Lipinski definition) is 8. The van der Waals surface area contributed by atoms with Crippen molar-refractivity contribution >= 4 is 35.5 Å². The Labute approximate surface area is 247 Å². The van der Waals surface area contributed by atoms with Gasteiger partial charge in [-0.2, -0.15) is 0 Å². The minimum absolute atomic E-state index is 0.0625. The van der Waals surface area contributed by atoms with Crippen LogP contribution in [0.2, 0.25) is 5.02 Å². The summed E-state index contributed by atoms with van der Waals surface area (Å²) in [5.74, 6) is -1.09. The van der Waals surface area contributed by atoms with Crippen molar-refractivity contribution in [2.45, 2.75) is 59.2 Å². The van der Waals surface area contributed by atoms with E-state index in [-0.39, 0.29) is 36.7 Å². The van der Waals surface area contributed by atoms with Gasteiger partial charge < -0.3 is 29.7 Å². The number of ether oxygens (including phenoxy) is 3. The molecule has 11 nitrogen and oxygen atoms in total. The molecule has 228 valence electrons. The SMILES string of the molecule is CC(C)C(NC(=O)NC(C)(C)OC(=O)OCCN1CCOCC1)C(=O)N1CC(=O)C(c2ccc(Cl)cc2)C(C)(C)C1. The van der Waals surface area contributed by atoms with Gasteiger partial charge in [0.05, 0.1) is 25.7 Å². The molecule has 3 amide bonds. The molecule has 0 saturated carbocycles. The molecular formula is C29H43ClN4O7. The molecule has 2 aliphatic rings. The standard InChI is InChI=1S/C29H43ClN4O7/c1-19(2)24(25(36)34-17-22(35)23(28(3,4)18-34)20-7-9-21(30)10-8-20)31-26(37)32-29(5,6)41-27(38)40-16-13-33-11-14-39-15-12-33/h7-10,19,23-24H,11-18H2,1-6H3,(H2,31,32,37). The van der Waals surface area contributed by atoms with Crippen LogP contribution in [-0.4, -0.2) is 98.0 Å². The van der Waals surface area contributed by atoms with E-state index in [1.165, 1.54) is 18.7 Å². The number of nitrogens with one attached hydrogen (secondary N) is 2. The maximum Gasteiger partial charge on any atom is 0.510 e. The molecule has 0 aliphatic carbocycles. The van der Waals surface area contributed by atoms with Gasteiger partial charge in [0.2, 0.25) is 5.91 Å². The summed E-state index contributed by atoms with van der Waals surface area (Å²) in [5.41, 5.74) is -1.09. The molecule has 12 heteroatoms. The molecule has 1 aromatic carbocycles. The van der Waals surface area contributed by atoms with Crippen molar-refractivity contribution in [1.82, 2.24) is 20.4 Å². The van der Waals surface area contributed by atoms with E-state index in [4.69, 9.17) is 25.8 Å². The number of urea groups is 1. The van der Waals surface area contributed by atoms with Crippen molar-refractivity contribution < 1.29 is 33.4 Å². The lowest BCUT2D eigenvalue weighted by molar-refractivity contribution is -0.145. The maximum atomic E-state index is 13.6. The zero-order valence-electron chi connectivity index (χ0n) is 24.8. The van der Waals surface area contributed by atoms with Crippen molar-refractivity contribution in [1.29, 1.82) is 0 Å². The number of amides is 3. The predicted molar refractivity (Wildman–Crippen MR) is 154 cm³/mol. The number of ketones is 1. The van der Waals surface area contributed by atoms with Crippen molar-refractivity contribution in [3.8, 4) is 0 Å². The number of nitrogens with zero attached hydrogens (tertiary/aromatic N) is 2. The zero-order chi connectivity index (χ0) is 30.4. The Morgan fingerprint density at radius 3 is 2.37 bits per heavy atom. The second-order valence-electron chi connectivity index (χ2n) is 12.1. The van der Waals surface area contributed by atoms with Crippen LogP contribution in [0.5, 0.6) is 0 Å². The van der Waals surface area contributed by atoms with E-state index < -0.39 is 29.4 Å². The maximum absolute atomic E-state index is 13.6. The summed E-state index contributed by atoms with van der Waals surface area (Å²) in [4.78, 5) is 55.6. The molecule has 2 fully saturated rings. The van der Waals surface area contributed by atoms with Crippen molar-refractivity contribution in [3.05, 3.63) is 34.9 Å². The average molecular weight is 595 g/mol. The summed E-state index contributed by atoms with van der Waals surface area (Å²) in [6.07, 6.45) is -0.913. The molecule has 1 aromatic rings. The lowest BCUT2D eigenvalue weighted by Gasteiger charge is -2.44. The normalized spacial score (nSPS) is 20.3.